The first-order chi connectivity index (χ1) is 7.70. The van der Waals surface area contributed by atoms with Gasteiger partial charge in [0.2, 0.25) is 0 Å². The van der Waals surface area contributed by atoms with Gasteiger partial charge in [0.15, 0.2) is 0 Å². The van der Waals surface area contributed by atoms with Crippen LogP contribution in [0.25, 0.3) is 5.69 Å². The maximum Gasteiger partial charge on any atom is 0.0648 e. The van der Waals surface area contributed by atoms with E-state index in [1.165, 1.54) is 11.3 Å². The Kier molecular flexibility index (Phi) is 4.73. The molecule has 0 atom stereocenters. The van der Waals surface area contributed by atoms with Crippen LogP contribution in [0, 0.1) is 13.8 Å². The standard InChI is InChI=1S/C13H17N3.ClH/c1-10-8-11(2)16(15-10)13-6-4-12(5-7-13)9-14-3;/h4-8,14H,9H2,1-3H3;1H. The van der Waals surface area contributed by atoms with Crippen LogP contribution in [0.3, 0.4) is 0 Å². The molecule has 0 bridgehead atoms. The Hall–Kier alpha value is -1.32. The average molecular weight is 252 g/mol. The lowest BCUT2D eigenvalue weighted by molar-refractivity contribution is 0.810. The third kappa shape index (κ3) is 3.08. The first-order valence-corrected chi connectivity index (χ1v) is 5.48. The molecule has 0 unspecified atom stereocenters. The molecule has 2 rings (SSSR count). The predicted molar refractivity (Wildman–Crippen MR) is 73.0 cm³/mol. The lowest BCUT2D eigenvalue weighted by Gasteiger charge is -2.05. The van der Waals surface area contributed by atoms with Gasteiger partial charge in [0.1, 0.15) is 0 Å². The Balaban J connectivity index is 0.00000144. The predicted octanol–water partition coefficient (Wildman–Crippen LogP) is 2.63. The number of hydrogen-bond acceptors (Lipinski definition) is 2. The fourth-order valence-electron chi connectivity index (χ4n) is 1.85. The topological polar surface area (TPSA) is 29.9 Å². The van der Waals surface area contributed by atoms with Crippen molar-refractivity contribution in [3.05, 3.63) is 47.3 Å². The van der Waals surface area contributed by atoms with Gasteiger partial charge in [-0.2, -0.15) is 5.10 Å². The van der Waals surface area contributed by atoms with E-state index in [1.807, 2.05) is 18.7 Å². The normalized spacial score (nSPS) is 10.1. The highest BCUT2D eigenvalue weighted by molar-refractivity contribution is 5.85. The quantitative estimate of drug-likeness (QED) is 0.909. The van der Waals surface area contributed by atoms with Crippen molar-refractivity contribution in [3.8, 4) is 5.69 Å². The lowest BCUT2D eigenvalue weighted by atomic mass is 10.2. The molecule has 1 aromatic carbocycles. The van der Waals surface area contributed by atoms with Crippen LogP contribution < -0.4 is 5.32 Å². The van der Waals surface area contributed by atoms with Gasteiger partial charge in [-0.05, 0) is 44.7 Å². The molecule has 0 amide bonds. The van der Waals surface area contributed by atoms with Gasteiger partial charge >= 0.3 is 0 Å². The molecular weight excluding hydrogens is 234 g/mol. The summed E-state index contributed by atoms with van der Waals surface area (Å²) in [6, 6.07) is 10.5. The van der Waals surface area contributed by atoms with E-state index in [2.05, 4.69) is 47.7 Å². The summed E-state index contributed by atoms with van der Waals surface area (Å²) in [4.78, 5) is 0. The van der Waals surface area contributed by atoms with E-state index < -0.39 is 0 Å². The smallest absolute Gasteiger partial charge is 0.0648 e. The van der Waals surface area contributed by atoms with Crippen molar-refractivity contribution in [1.82, 2.24) is 15.1 Å². The molecule has 0 saturated carbocycles. The maximum absolute atomic E-state index is 4.46. The second-order valence-electron chi connectivity index (χ2n) is 4.04. The molecule has 0 aliphatic carbocycles. The summed E-state index contributed by atoms with van der Waals surface area (Å²) in [7, 11) is 1.95. The molecule has 1 N–H and O–H groups in total. The number of nitrogens with zero attached hydrogens (tertiary/aromatic N) is 2. The number of hydrogen-bond donors (Lipinski definition) is 1. The highest BCUT2D eigenvalue weighted by Crippen LogP contribution is 2.12. The van der Waals surface area contributed by atoms with Crippen molar-refractivity contribution < 1.29 is 0 Å². The summed E-state index contributed by atoms with van der Waals surface area (Å²) in [6.07, 6.45) is 0. The summed E-state index contributed by atoms with van der Waals surface area (Å²) in [5.41, 5.74) is 4.62. The zero-order valence-electron chi connectivity index (χ0n) is 10.4. The number of nitrogens with one attached hydrogen (secondary N) is 1. The SMILES string of the molecule is CNCc1ccc(-n2nc(C)cc2C)cc1.Cl. The van der Waals surface area contributed by atoms with Gasteiger partial charge in [-0.15, -0.1) is 12.4 Å². The van der Waals surface area contributed by atoms with Gasteiger partial charge in [0.05, 0.1) is 11.4 Å². The van der Waals surface area contributed by atoms with Crippen molar-refractivity contribution in [2.24, 2.45) is 0 Å². The minimum atomic E-state index is 0. The van der Waals surface area contributed by atoms with Gasteiger partial charge in [0.25, 0.3) is 0 Å². The third-order valence-electron chi connectivity index (χ3n) is 2.57. The Morgan fingerprint density at radius 3 is 2.29 bits per heavy atom. The summed E-state index contributed by atoms with van der Waals surface area (Å²) < 4.78 is 1.97. The number of aromatic nitrogens is 2. The highest BCUT2D eigenvalue weighted by Gasteiger charge is 2.02. The van der Waals surface area contributed by atoms with Crippen LogP contribution in [-0.4, -0.2) is 16.8 Å². The Morgan fingerprint density at radius 1 is 1.18 bits per heavy atom. The Bertz CT molecular complexity index is 474. The monoisotopic (exact) mass is 251 g/mol. The van der Waals surface area contributed by atoms with Crippen molar-refractivity contribution in [2.75, 3.05) is 7.05 Å². The fourth-order valence-corrected chi connectivity index (χ4v) is 1.85. The maximum atomic E-state index is 4.46. The average Bonchev–Trinajstić information content (AvgIpc) is 2.59. The lowest BCUT2D eigenvalue weighted by Crippen LogP contribution is -2.05. The summed E-state index contributed by atoms with van der Waals surface area (Å²) in [5.74, 6) is 0. The zero-order valence-corrected chi connectivity index (χ0v) is 11.2. The molecule has 1 aromatic heterocycles. The number of rotatable bonds is 3. The van der Waals surface area contributed by atoms with Crippen molar-refractivity contribution in [3.63, 3.8) is 0 Å². The summed E-state index contributed by atoms with van der Waals surface area (Å²) >= 11 is 0. The molecule has 0 aliphatic heterocycles. The van der Waals surface area contributed by atoms with Crippen LogP contribution in [0.5, 0.6) is 0 Å². The molecule has 0 aliphatic rings. The minimum absolute atomic E-state index is 0. The second kappa shape index (κ2) is 5.84. The van der Waals surface area contributed by atoms with Gasteiger partial charge in [-0.25, -0.2) is 4.68 Å². The molecule has 0 radical (unpaired) electrons. The molecule has 1 heterocycles. The van der Waals surface area contributed by atoms with Crippen LogP contribution in [0.15, 0.2) is 30.3 Å². The van der Waals surface area contributed by atoms with E-state index in [9.17, 15) is 0 Å². The van der Waals surface area contributed by atoms with Gasteiger partial charge in [0, 0.05) is 12.2 Å². The van der Waals surface area contributed by atoms with E-state index in [-0.39, 0.29) is 12.4 Å². The fraction of sp³-hybridized carbons (Fsp3) is 0.308. The molecule has 0 fully saturated rings. The molecular formula is C13H18ClN3. The van der Waals surface area contributed by atoms with E-state index in [0.29, 0.717) is 0 Å². The van der Waals surface area contributed by atoms with E-state index in [1.54, 1.807) is 0 Å². The molecule has 3 nitrogen and oxygen atoms in total. The molecule has 4 heteroatoms. The minimum Gasteiger partial charge on any atom is -0.316 e. The summed E-state index contributed by atoms with van der Waals surface area (Å²) in [5, 5.41) is 7.59. The van der Waals surface area contributed by atoms with Crippen molar-refractivity contribution in [2.45, 2.75) is 20.4 Å². The Labute approximate surface area is 108 Å². The third-order valence-corrected chi connectivity index (χ3v) is 2.57. The largest absolute Gasteiger partial charge is 0.316 e. The molecule has 0 saturated heterocycles. The highest BCUT2D eigenvalue weighted by atomic mass is 35.5. The van der Waals surface area contributed by atoms with Crippen molar-refractivity contribution in [1.29, 1.82) is 0 Å². The van der Waals surface area contributed by atoms with Crippen LogP contribution in [-0.2, 0) is 6.54 Å². The first kappa shape index (κ1) is 13.7. The molecule has 17 heavy (non-hydrogen) atoms. The van der Waals surface area contributed by atoms with Crippen molar-refractivity contribution >= 4 is 12.4 Å². The first-order valence-electron chi connectivity index (χ1n) is 5.48. The zero-order chi connectivity index (χ0) is 11.5. The number of halogens is 1. The molecule has 0 spiro atoms. The van der Waals surface area contributed by atoms with Crippen LogP contribution >= 0.6 is 12.4 Å². The number of aryl methyl sites for hydroxylation is 2. The van der Waals surface area contributed by atoms with Gasteiger partial charge in [-0.3, -0.25) is 0 Å². The summed E-state index contributed by atoms with van der Waals surface area (Å²) in [6.45, 7) is 4.98. The van der Waals surface area contributed by atoms with Crippen LogP contribution in [0.1, 0.15) is 17.0 Å². The van der Waals surface area contributed by atoms with E-state index in [0.717, 1.165) is 17.9 Å². The van der Waals surface area contributed by atoms with E-state index in [4.69, 9.17) is 0 Å². The van der Waals surface area contributed by atoms with Crippen LogP contribution in [0.2, 0.25) is 0 Å². The van der Waals surface area contributed by atoms with Gasteiger partial charge in [-0.1, -0.05) is 12.1 Å². The molecule has 2 aromatic rings. The van der Waals surface area contributed by atoms with E-state index >= 15 is 0 Å². The molecule has 92 valence electrons. The van der Waals surface area contributed by atoms with Crippen LogP contribution in [0.4, 0.5) is 0 Å². The number of benzene rings is 1. The Morgan fingerprint density at radius 2 is 1.82 bits per heavy atom. The van der Waals surface area contributed by atoms with Gasteiger partial charge < -0.3 is 5.32 Å². The second-order valence-corrected chi connectivity index (χ2v) is 4.04.